The Bertz CT molecular complexity index is 599. The van der Waals surface area contributed by atoms with Gasteiger partial charge in [-0.2, -0.15) is 0 Å². The molecule has 1 aromatic heterocycles. The van der Waals surface area contributed by atoms with Gasteiger partial charge in [0.15, 0.2) is 0 Å². The minimum Gasteiger partial charge on any atom is -0.478 e. The van der Waals surface area contributed by atoms with Crippen LogP contribution in [-0.2, 0) is 0 Å². The Morgan fingerprint density at radius 1 is 1.19 bits per heavy atom. The largest absolute Gasteiger partial charge is 0.478 e. The summed E-state index contributed by atoms with van der Waals surface area (Å²) >= 11 is 3.18. The summed E-state index contributed by atoms with van der Waals surface area (Å²) in [6, 6.07) is 4.66. The van der Waals surface area contributed by atoms with Crippen LogP contribution >= 0.6 is 15.9 Å². The summed E-state index contributed by atoms with van der Waals surface area (Å²) in [7, 11) is 0. The van der Waals surface area contributed by atoms with Crippen LogP contribution in [0.5, 0.6) is 0 Å². The van der Waals surface area contributed by atoms with E-state index in [4.69, 9.17) is 14.6 Å². The van der Waals surface area contributed by atoms with Crippen molar-refractivity contribution in [1.82, 2.24) is 0 Å². The Hall–Kier alpha value is -1.82. The van der Waals surface area contributed by atoms with E-state index in [-0.39, 0.29) is 16.5 Å². The van der Waals surface area contributed by atoms with Crippen LogP contribution in [0, 0.1) is 0 Å². The van der Waals surface area contributed by atoms with E-state index in [1.807, 2.05) is 0 Å². The quantitative estimate of drug-likeness (QED) is 0.885. The molecule has 0 bridgehead atoms. The van der Waals surface area contributed by atoms with Gasteiger partial charge in [-0.1, -0.05) is 15.9 Å². The lowest BCUT2D eigenvalue weighted by molar-refractivity contribution is 0.0628. The Balaban J connectivity index is 2.88. The summed E-state index contributed by atoms with van der Waals surface area (Å²) in [5.74, 6) is -3.28. The van der Waals surface area contributed by atoms with Crippen LogP contribution in [0.3, 0.4) is 0 Å². The SMILES string of the molecule is O=C(O)c1oc2ccc(Br)cc2c1C(=O)O. The molecule has 5 nitrogen and oxygen atoms in total. The second kappa shape index (κ2) is 3.64. The summed E-state index contributed by atoms with van der Waals surface area (Å²) in [6.45, 7) is 0. The standard InChI is InChI=1S/C10H5BrO5/c11-4-1-2-6-5(3-4)7(9(12)13)8(16-6)10(14)15/h1-3H,(H,12,13)(H,14,15). The number of carbonyl (C=O) groups is 2. The average molecular weight is 285 g/mol. The van der Waals surface area contributed by atoms with Crippen LogP contribution in [0.15, 0.2) is 27.1 Å². The molecule has 0 aliphatic heterocycles. The molecule has 82 valence electrons. The van der Waals surface area contributed by atoms with Gasteiger partial charge < -0.3 is 14.6 Å². The Morgan fingerprint density at radius 2 is 1.88 bits per heavy atom. The van der Waals surface area contributed by atoms with Crippen LogP contribution in [-0.4, -0.2) is 22.2 Å². The summed E-state index contributed by atoms with van der Waals surface area (Å²) < 4.78 is 5.63. The molecule has 1 aromatic carbocycles. The first kappa shape index (κ1) is 10.7. The van der Waals surface area contributed by atoms with Gasteiger partial charge in [-0.15, -0.1) is 0 Å². The number of rotatable bonds is 2. The molecule has 2 rings (SSSR count). The van der Waals surface area contributed by atoms with E-state index in [0.29, 0.717) is 4.47 Å². The third-order valence-corrected chi connectivity index (χ3v) is 2.55. The molecule has 0 radical (unpaired) electrons. The molecule has 0 atom stereocenters. The van der Waals surface area contributed by atoms with Crippen molar-refractivity contribution in [3.63, 3.8) is 0 Å². The summed E-state index contributed by atoms with van der Waals surface area (Å²) in [5, 5.41) is 18.0. The predicted octanol–water partition coefficient (Wildman–Crippen LogP) is 2.59. The van der Waals surface area contributed by atoms with E-state index in [0.717, 1.165) is 0 Å². The zero-order chi connectivity index (χ0) is 11.9. The van der Waals surface area contributed by atoms with E-state index in [9.17, 15) is 9.59 Å². The lowest BCUT2D eigenvalue weighted by atomic mass is 10.1. The highest BCUT2D eigenvalue weighted by molar-refractivity contribution is 9.10. The molecule has 0 aliphatic rings. The first-order valence-corrected chi connectivity index (χ1v) is 4.98. The first-order chi connectivity index (χ1) is 7.50. The maximum atomic E-state index is 11.0. The summed E-state index contributed by atoms with van der Waals surface area (Å²) in [6.07, 6.45) is 0. The van der Waals surface area contributed by atoms with Crippen molar-refractivity contribution in [2.24, 2.45) is 0 Å². The maximum absolute atomic E-state index is 11.0. The Kier molecular flexibility index (Phi) is 2.43. The number of aromatic carboxylic acids is 2. The number of carboxylic acid groups (broad SMARTS) is 2. The van der Waals surface area contributed by atoms with Gasteiger partial charge in [0.1, 0.15) is 11.1 Å². The normalized spacial score (nSPS) is 10.6. The smallest absolute Gasteiger partial charge is 0.372 e. The van der Waals surface area contributed by atoms with E-state index in [1.54, 1.807) is 6.07 Å². The number of benzene rings is 1. The first-order valence-electron chi connectivity index (χ1n) is 4.19. The Morgan fingerprint density at radius 3 is 2.44 bits per heavy atom. The fourth-order valence-electron chi connectivity index (χ4n) is 1.43. The second-order valence-electron chi connectivity index (χ2n) is 3.06. The third kappa shape index (κ3) is 1.57. The summed E-state index contributed by atoms with van der Waals surface area (Å²) in [4.78, 5) is 21.8. The van der Waals surface area contributed by atoms with Gasteiger partial charge in [0, 0.05) is 9.86 Å². The van der Waals surface area contributed by atoms with Crippen LogP contribution < -0.4 is 0 Å². The average Bonchev–Trinajstić information content (AvgIpc) is 2.55. The molecule has 0 saturated carbocycles. The van der Waals surface area contributed by atoms with Gasteiger partial charge in [-0.05, 0) is 18.2 Å². The topological polar surface area (TPSA) is 87.7 Å². The zero-order valence-electron chi connectivity index (χ0n) is 7.73. The van der Waals surface area contributed by atoms with Crippen molar-refractivity contribution in [1.29, 1.82) is 0 Å². The molecular formula is C10H5BrO5. The van der Waals surface area contributed by atoms with Crippen LogP contribution in [0.2, 0.25) is 0 Å². The van der Waals surface area contributed by atoms with Gasteiger partial charge in [0.25, 0.3) is 0 Å². The number of carboxylic acids is 2. The number of fused-ring (bicyclic) bond motifs is 1. The molecule has 16 heavy (non-hydrogen) atoms. The molecule has 0 amide bonds. The number of halogens is 1. The highest BCUT2D eigenvalue weighted by Crippen LogP contribution is 2.28. The lowest BCUT2D eigenvalue weighted by Crippen LogP contribution is -2.04. The fraction of sp³-hybridized carbons (Fsp3) is 0. The number of hydrogen-bond acceptors (Lipinski definition) is 3. The van der Waals surface area contributed by atoms with Crippen molar-refractivity contribution in [3.8, 4) is 0 Å². The van der Waals surface area contributed by atoms with Gasteiger partial charge >= 0.3 is 11.9 Å². The van der Waals surface area contributed by atoms with Crippen LogP contribution in [0.4, 0.5) is 0 Å². The van der Waals surface area contributed by atoms with E-state index in [2.05, 4.69) is 15.9 Å². The maximum Gasteiger partial charge on any atom is 0.372 e. The molecule has 2 aromatic rings. The van der Waals surface area contributed by atoms with Gasteiger partial charge in [0.05, 0.1) is 0 Å². The molecule has 1 heterocycles. The molecule has 2 N–H and O–H groups in total. The van der Waals surface area contributed by atoms with Crippen molar-refractivity contribution in [2.75, 3.05) is 0 Å². The minimum atomic E-state index is -1.40. The van der Waals surface area contributed by atoms with Gasteiger partial charge in [0.2, 0.25) is 5.76 Å². The van der Waals surface area contributed by atoms with Crippen molar-refractivity contribution in [2.45, 2.75) is 0 Å². The Labute approximate surface area is 97.4 Å². The fourth-order valence-corrected chi connectivity index (χ4v) is 1.79. The molecule has 0 aliphatic carbocycles. The lowest BCUT2D eigenvalue weighted by Gasteiger charge is -1.92. The molecule has 0 unspecified atom stereocenters. The zero-order valence-corrected chi connectivity index (χ0v) is 9.32. The molecule has 0 spiro atoms. The van der Waals surface area contributed by atoms with E-state index < -0.39 is 17.7 Å². The third-order valence-electron chi connectivity index (χ3n) is 2.06. The number of furan rings is 1. The summed E-state index contributed by atoms with van der Waals surface area (Å²) in [5.41, 5.74) is -0.0956. The second-order valence-corrected chi connectivity index (χ2v) is 3.97. The van der Waals surface area contributed by atoms with Crippen molar-refractivity contribution >= 4 is 38.8 Å². The predicted molar refractivity (Wildman–Crippen MR) is 57.8 cm³/mol. The molecular weight excluding hydrogens is 280 g/mol. The van der Waals surface area contributed by atoms with E-state index in [1.165, 1.54) is 12.1 Å². The highest BCUT2D eigenvalue weighted by atomic mass is 79.9. The van der Waals surface area contributed by atoms with Gasteiger partial charge in [-0.25, -0.2) is 9.59 Å². The highest BCUT2D eigenvalue weighted by Gasteiger charge is 2.25. The van der Waals surface area contributed by atoms with Crippen molar-refractivity contribution in [3.05, 3.63) is 34.0 Å². The van der Waals surface area contributed by atoms with Crippen molar-refractivity contribution < 1.29 is 24.2 Å². The van der Waals surface area contributed by atoms with Crippen LogP contribution in [0.25, 0.3) is 11.0 Å². The monoisotopic (exact) mass is 284 g/mol. The van der Waals surface area contributed by atoms with Crippen LogP contribution in [0.1, 0.15) is 20.9 Å². The molecule has 0 fully saturated rings. The van der Waals surface area contributed by atoms with Gasteiger partial charge in [-0.3, -0.25) is 0 Å². The molecule has 0 saturated heterocycles. The molecule has 6 heteroatoms. The number of hydrogen-bond donors (Lipinski definition) is 2. The van der Waals surface area contributed by atoms with E-state index >= 15 is 0 Å². The minimum absolute atomic E-state index is 0.234.